The number of hydrogen-bond donors (Lipinski definition) is 21. The largest absolute Gasteiger partial charge is 0.394 e. The first-order chi connectivity index (χ1) is 53.8. The maximum absolute atomic E-state index is 13.5. The molecule has 6 aliphatic rings. The molecule has 6 heterocycles. The van der Waals surface area contributed by atoms with Gasteiger partial charge in [-0.1, -0.05) is 180 Å². The van der Waals surface area contributed by atoms with Gasteiger partial charge in [0.05, 0.1) is 58.4 Å². The molecule has 112 heavy (non-hydrogen) atoms. The summed E-state index contributed by atoms with van der Waals surface area (Å²) in [6.45, 7) is -0.0333. The number of nitrogens with one attached hydrogen (secondary N) is 3. The number of rotatable bonds is 52. The third-order valence-corrected chi connectivity index (χ3v) is 21.7. The van der Waals surface area contributed by atoms with Crippen molar-refractivity contribution in [2.45, 2.75) is 404 Å². The average Bonchev–Trinajstić information content (AvgIpc) is 0.768. The van der Waals surface area contributed by atoms with E-state index in [1.165, 1.54) is 109 Å². The molecule has 0 saturated carbocycles. The number of aliphatic hydroxyl groups is 18. The molecule has 0 aromatic heterocycles. The Balaban J connectivity index is 1.13. The molecule has 6 rings (SSSR count). The maximum Gasteiger partial charge on any atom is 0.220 e. The predicted octanol–water partition coefficient (Wildman–Crippen LogP) is -2.42. The SMILES string of the molecule is CCCCCCCCCCCCC/C=C/[C@@H](O)[C@H](CO[C@@H]1OC(CO)[C@@H](O[C@@H]2OC(CO)[C@H](O)[C@H](O[C@@H]3OC(CO)[C@@H](O)[C@H](O[C@@H]4OC(CO)[C@H](O)[C@H](O[C@@H]5OC(CO)[C@@H](O)[C@H](O[C@@H]6OC(CO)[C@H](O)[C@H](O)C6O)C5NC(C)=O)C4O)C3NC(C)=O)C2O)[C@H](O)C1O)NC(=O)CCCCCCCCCCCCCCCCC. The van der Waals surface area contributed by atoms with Crippen LogP contribution in [0.3, 0.4) is 0 Å². The van der Waals surface area contributed by atoms with E-state index in [2.05, 4.69) is 29.8 Å². The molecule has 0 bridgehead atoms. The number of ether oxygens (including phenoxy) is 12. The first kappa shape index (κ1) is 97.8. The van der Waals surface area contributed by atoms with E-state index in [0.29, 0.717) is 12.8 Å². The van der Waals surface area contributed by atoms with Crippen molar-refractivity contribution in [3.63, 3.8) is 0 Å². The van der Waals surface area contributed by atoms with Crippen LogP contribution in [0.15, 0.2) is 12.2 Å². The van der Waals surface area contributed by atoms with Crippen molar-refractivity contribution in [1.29, 1.82) is 0 Å². The van der Waals surface area contributed by atoms with Gasteiger partial charge in [0, 0.05) is 20.3 Å². The molecule has 6 fully saturated rings. The van der Waals surface area contributed by atoms with Gasteiger partial charge in [0.2, 0.25) is 17.7 Å². The highest BCUT2D eigenvalue weighted by atomic mass is 16.8. The molecule has 6 aliphatic heterocycles. The Morgan fingerprint density at radius 2 is 0.661 bits per heavy atom. The molecular formula is C76H137N3O33. The summed E-state index contributed by atoms with van der Waals surface area (Å²) in [7, 11) is 0. The predicted molar refractivity (Wildman–Crippen MR) is 394 cm³/mol. The van der Waals surface area contributed by atoms with E-state index in [0.717, 1.165) is 65.2 Å². The summed E-state index contributed by atoms with van der Waals surface area (Å²) < 4.78 is 71.2. The fourth-order valence-corrected chi connectivity index (χ4v) is 15.1. The van der Waals surface area contributed by atoms with Gasteiger partial charge in [0.1, 0.15) is 146 Å². The Bertz CT molecular complexity index is 2600. The second kappa shape index (κ2) is 52.1. The number of carbonyl (C=O) groups excluding carboxylic acids is 3. The summed E-state index contributed by atoms with van der Waals surface area (Å²) in [5, 5.41) is 208. The number of amides is 3. The molecule has 32 atom stereocenters. The number of unbranched alkanes of at least 4 members (excludes halogenated alkanes) is 25. The van der Waals surface area contributed by atoms with E-state index in [1.807, 2.05) is 6.08 Å². The van der Waals surface area contributed by atoms with Gasteiger partial charge in [-0.3, -0.25) is 14.4 Å². The zero-order valence-corrected chi connectivity index (χ0v) is 65.6. The smallest absolute Gasteiger partial charge is 0.220 e. The van der Waals surface area contributed by atoms with Gasteiger partial charge in [-0.2, -0.15) is 0 Å². The molecule has 21 N–H and O–H groups in total. The third kappa shape index (κ3) is 29.4. The molecule has 0 aliphatic carbocycles. The average molecular weight is 1620 g/mol. The number of aliphatic hydroxyl groups excluding tert-OH is 18. The summed E-state index contributed by atoms with van der Waals surface area (Å²) in [6, 6.07) is -4.71. The van der Waals surface area contributed by atoms with E-state index in [9.17, 15) is 106 Å². The molecule has 0 radical (unpaired) electrons. The Hall–Kier alpha value is -3.05. The Morgan fingerprint density at radius 1 is 0.348 bits per heavy atom. The van der Waals surface area contributed by atoms with Crippen LogP contribution < -0.4 is 16.0 Å². The molecule has 3 amide bonds. The van der Waals surface area contributed by atoms with Crippen molar-refractivity contribution in [3.8, 4) is 0 Å². The van der Waals surface area contributed by atoms with Crippen LogP contribution >= 0.6 is 0 Å². The van der Waals surface area contributed by atoms with Crippen molar-refractivity contribution in [1.82, 2.24) is 16.0 Å². The first-order valence-corrected chi connectivity index (χ1v) is 41.0. The van der Waals surface area contributed by atoms with Crippen molar-refractivity contribution in [3.05, 3.63) is 12.2 Å². The van der Waals surface area contributed by atoms with Crippen LogP contribution in [0.5, 0.6) is 0 Å². The molecule has 36 nitrogen and oxygen atoms in total. The lowest BCUT2D eigenvalue weighted by molar-refractivity contribution is -0.386. The van der Waals surface area contributed by atoms with Crippen molar-refractivity contribution in [2.75, 3.05) is 46.2 Å². The standard InChI is InChI=1S/C76H137N3O33/c1-5-7-9-11-13-15-17-19-20-22-24-26-28-30-32-34-52(89)79-44(45(88)33-31-29-27-25-23-21-18-16-14-12-10-8-6-2)41-101-73-63(98)61(96)66(51(40-85)107-73)108-75-64(99)69(58(93)49(38-83)105-75)111-72-54(78-43(4)87)68(57(92)48(37-82)103-72)110-76-65(100)70(59(94)50(39-84)106-76)112-71-53(77-42(3)86)67(56(91)47(36-81)102-71)109-74-62(97)60(95)55(90)46(35-80)104-74/h31,33,44-51,53-76,80-85,88,90-100H,5-30,32,34-41H2,1-4H3,(H,77,86)(H,78,87)(H,79,89)/b33-31+/t44-,45+,46?,47?,48?,49?,50?,51?,53?,54?,55-,56+,57+,58-,59-,60-,61+,62?,63?,64?,65?,66+,67+,68+,69-,70-,71-,72-,73+,74-,75-,76-/m0/s1. The van der Waals surface area contributed by atoms with Crippen LogP contribution in [0.2, 0.25) is 0 Å². The van der Waals surface area contributed by atoms with Gasteiger partial charge in [-0.25, -0.2) is 0 Å². The lowest BCUT2D eigenvalue weighted by Gasteiger charge is -2.51. The quantitative estimate of drug-likeness (QED) is 0.0222. The van der Waals surface area contributed by atoms with E-state index in [4.69, 9.17) is 56.8 Å². The van der Waals surface area contributed by atoms with Gasteiger partial charge in [0.15, 0.2) is 37.7 Å². The van der Waals surface area contributed by atoms with Crippen molar-refractivity contribution in [2.24, 2.45) is 0 Å². The normalized spacial score (nSPS) is 37.2. The molecule has 0 aromatic rings. The number of hydrogen-bond acceptors (Lipinski definition) is 33. The molecule has 12 unspecified atom stereocenters. The van der Waals surface area contributed by atoms with Gasteiger partial charge in [-0.05, 0) is 19.3 Å². The molecular weight excluding hydrogens is 1480 g/mol. The highest BCUT2D eigenvalue weighted by Gasteiger charge is 2.59. The van der Waals surface area contributed by atoms with Crippen molar-refractivity contribution < 1.29 is 163 Å². The van der Waals surface area contributed by atoms with Crippen LogP contribution in [0.4, 0.5) is 0 Å². The summed E-state index contributed by atoms with van der Waals surface area (Å²) in [6.07, 6.45) is -21.5. The fraction of sp³-hybridized carbons (Fsp3) is 0.934. The highest BCUT2D eigenvalue weighted by Crippen LogP contribution is 2.38. The van der Waals surface area contributed by atoms with Crippen LogP contribution in [-0.4, -0.2) is 352 Å². The summed E-state index contributed by atoms with van der Waals surface area (Å²) >= 11 is 0. The fourth-order valence-electron chi connectivity index (χ4n) is 15.1. The monoisotopic (exact) mass is 1620 g/mol. The summed E-state index contributed by atoms with van der Waals surface area (Å²) in [4.78, 5) is 39.5. The van der Waals surface area contributed by atoms with Gasteiger partial charge >= 0.3 is 0 Å². The Morgan fingerprint density at radius 3 is 1.04 bits per heavy atom. The zero-order chi connectivity index (χ0) is 82.0. The lowest BCUT2D eigenvalue weighted by atomic mass is 9.93. The van der Waals surface area contributed by atoms with Crippen LogP contribution in [0.25, 0.3) is 0 Å². The van der Waals surface area contributed by atoms with E-state index in [-0.39, 0.29) is 12.3 Å². The maximum atomic E-state index is 13.5. The molecule has 654 valence electrons. The topological polar surface area (TPSA) is 562 Å². The molecule has 0 aromatic carbocycles. The number of allylic oxidation sites excluding steroid dienone is 1. The van der Waals surface area contributed by atoms with E-state index in [1.54, 1.807) is 6.08 Å². The summed E-state index contributed by atoms with van der Waals surface area (Å²) in [5.74, 6) is -2.10. The minimum absolute atomic E-state index is 0.170. The zero-order valence-electron chi connectivity index (χ0n) is 65.6. The van der Waals surface area contributed by atoms with Crippen molar-refractivity contribution >= 4 is 17.7 Å². The first-order valence-electron chi connectivity index (χ1n) is 41.0. The Labute approximate surface area is 656 Å². The minimum atomic E-state index is -2.30. The van der Waals surface area contributed by atoms with Gasteiger partial charge in [-0.15, -0.1) is 0 Å². The van der Waals surface area contributed by atoms with Gasteiger partial charge < -0.3 is 165 Å². The molecule has 6 saturated heterocycles. The highest BCUT2D eigenvalue weighted by molar-refractivity contribution is 5.76. The van der Waals surface area contributed by atoms with Crippen LogP contribution in [0.1, 0.15) is 207 Å². The second-order valence-corrected chi connectivity index (χ2v) is 30.7. The van der Waals surface area contributed by atoms with E-state index < -0.39 is 254 Å². The van der Waals surface area contributed by atoms with Crippen LogP contribution in [0, 0.1) is 0 Å². The van der Waals surface area contributed by atoms with Gasteiger partial charge in [0.25, 0.3) is 0 Å². The third-order valence-electron chi connectivity index (χ3n) is 21.7. The second-order valence-electron chi connectivity index (χ2n) is 30.7. The minimum Gasteiger partial charge on any atom is -0.394 e. The van der Waals surface area contributed by atoms with Crippen LogP contribution in [-0.2, 0) is 71.2 Å². The molecule has 36 heteroatoms. The Kier molecular flexibility index (Phi) is 45.5. The lowest BCUT2D eigenvalue weighted by Crippen LogP contribution is -2.71. The number of carbonyl (C=O) groups is 3. The van der Waals surface area contributed by atoms with E-state index >= 15 is 0 Å². The molecule has 0 spiro atoms. The summed E-state index contributed by atoms with van der Waals surface area (Å²) in [5.41, 5.74) is 0.